The average Bonchev–Trinajstić information content (AvgIpc) is 2.68. The van der Waals surface area contributed by atoms with Gasteiger partial charge in [-0.1, -0.05) is 30.3 Å². The molecule has 6 heteroatoms. The Morgan fingerprint density at radius 2 is 1.56 bits per heavy atom. The van der Waals surface area contributed by atoms with Crippen molar-refractivity contribution in [2.75, 3.05) is 65.4 Å². The molecule has 0 bridgehead atoms. The largest absolute Gasteiger partial charge is 0.445 e. The zero-order chi connectivity index (χ0) is 17.3. The van der Waals surface area contributed by atoms with E-state index in [1.165, 1.54) is 26.1 Å². The van der Waals surface area contributed by atoms with Crippen molar-refractivity contribution in [1.29, 1.82) is 0 Å². The molecule has 1 aromatic rings. The lowest BCUT2D eigenvalue weighted by molar-refractivity contribution is 0.0705. The van der Waals surface area contributed by atoms with Crippen molar-refractivity contribution in [1.82, 2.24) is 20.0 Å². The van der Waals surface area contributed by atoms with Crippen LogP contribution in [0, 0.1) is 0 Å². The van der Waals surface area contributed by atoms with Gasteiger partial charge in [0.15, 0.2) is 0 Å². The number of carbonyl (C=O) groups is 1. The summed E-state index contributed by atoms with van der Waals surface area (Å²) in [5.41, 5.74) is 1.03. The van der Waals surface area contributed by atoms with Crippen molar-refractivity contribution in [3.63, 3.8) is 0 Å². The van der Waals surface area contributed by atoms with E-state index < -0.39 is 0 Å². The van der Waals surface area contributed by atoms with Gasteiger partial charge in [-0.3, -0.25) is 4.90 Å². The van der Waals surface area contributed by atoms with Crippen LogP contribution in [-0.2, 0) is 11.3 Å². The van der Waals surface area contributed by atoms with Crippen LogP contribution in [0.3, 0.4) is 0 Å². The number of carbonyl (C=O) groups excluding carboxylic acids is 1. The van der Waals surface area contributed by atoms with E-state index in [4.69, 9.17) is 4.74 Å². The van der Waals surface area contributed by atoms with E-state index in [1.807, 2.05) is 35.2 Å². The number of benzene rings is 1. The van der Waals surface area contributed by atoms with Crippen LogP contribution in [0.15, 0.2) is 30.3 Å². The number of hydrogen-bond acceptors (Lipinski definition) is 5. The molecule has 2 heterocycles. The molecular weight excluding hydrogens is 316 g/mol. The van der Waals surface area contributed by atoms with E-state index in [1.54, 1.807) is 0 Å². The highest BCUT2D eigenvalue weighted by Gasteiger charge is 2.22. The second kappa shape index (κ2) is 9.75. The SMILES string of the molecule is O=C(OCc1ccccc1)N1CCN(CCCN2CCNCC2)CC1. The lowest BCUT2D eigenvalue weighted by atomic mass is 10.2. The van der Waals surface area contributed by atoms with Crippen molar-refractivity contribution in [2.24, 2.45) is 0 Å². The number of nitrogens with one attached hydrogen (secondary N) is 1. The number of nitrogens with zero attached hydrogens (tertiary/aromatic N) is 3. The fraction of sp³-hybridized carbons (Fsp3) is 0.632. The van der Waals surface area contributed by atoms with Gasteiger partial charge in [0.2, 0.25) is 0 Å². The zero-order valence-electron chi connectivity index (χ0n) is 15.0. The molecule has 1 amide bonds. The fourth-order valence-electron chi connectivity index (χ4n) is 3.42. The van der Waals surface area contributed by atoms with E-state index in [0.717, 1.165) is 51.4 Å². The number of hydrogen-bond donors (Lipinski definition) is 1. The molecule has 2 aliphatic rings. The molecule has 0 unspecified atom stereocenters. The summed E-state index contributed by atoms with van der Waals surface area (Å²) in [7, 11) is 0. The Balaban J connectivity index is 1.29. The minimum Gasteiger partial charge on any atom is -0.445 e. The Morgan fingerprint density at radius 1 is 0.920 bits per heavy atom. The third-order valence-electron chi connectivity index (χ3n) is 4.99. The predicted molar refractivity (Wildman–Crippen MR) is 98.6 cm³/mol. The molecule has 0 aliphatic carbocycles. The molecule has 138 valence electrons. The standard InChI is InChI=1S/C19H30N4O2/c24-19(25-17-18-5-2-1-3-6-18)23-15-13-22(14-16-23)10-4-9-21-11-7-20-8-12-21/h1-3,5-6,20H,4,7-17H2. The molecule has 2 aliphatic heterocycles. The fourth-order valence-corrected chi connectivity index (χ4v) is 3.42. The molecule has 2 fully saturated rings. The third kappa shape index (κ3) is 5.99. The van der Waals surface area contributed by atoms with Gasteiger partial charge in [-0.25, -0.2) is 4.79 Å². The Bertz CT molecular complexity index is 511. The van der Waals surface area contributed by atoms with Gasteiger partial charge in [0.25, 0.3) is 0 Å². The first kappa shape index (κ1) is 18.2. The predicted octanol–water partition coefficient (Wildman–Crippen LogP) is 1.24. The first-order valence-electron chi connectivity index (χ1n) is 9.42. The minimum atomic E-state index is -0.190. The first-order valence-corrected chi connectivity index (χ1v) is 9.42. The molecule has 0 radical (unpaired) electrons. The van der Waals surface area contributed by atoms with Crippen LogP contribution in [0.2, 0.25) is 0 Å². The molecule has 2 saturated heterocycles. The first-order chi connectivity index (χ1) is 12.3. The molecule has 0 saturated carbocycles. The number of amides is 1. The number of rotatable bonds is 6. The molecule has 0 aromatic heterocycles. The molecule has 3 rings (SSSR count). The van der Waals surface area contributed by atoms with Gasteiger partial charge in [-0.05, 0) is 25.1 Å². The maximum absolute atomic E-state index is 12.2. The van der Waals surface area contributed by atoms with E-state index in [-0.39, 0.29) is 6.09 Å². The van der Waals surface area contributed by atoms with Crippen LogP contribution in [0.4, 0.5) is 4.79 Å². The van der Waals surface area contributed by atoms with E-state index in [0.29, 0.717) is 6.61 Å². The van der Waals surface area contributed by atoms with Gasteiger partial charge in [-0.2, -0.15) is 0 Å². The topological polar surface area (TPSA) is 48.1 Å². The Morgan fingerprint density at radius 3 is 2.24 bits per heavy atom. The summed E-state index contributed by atoms with van der Waals surface area (Å²) in [6.45, 7) is 10.6. The monoisotopic (exact) mass is 346 g/mol. The molecule has 25 heavy (non-hydrogen) atoms. The van der Waals surface area contributed by atoms with Gasteiger partial charge >= 0.3 is 6.09 Å². The molecule has 6 nitrogen and oxygen atoms in total. The maximum Gasteiger partial charge on any atom is 0.410 e. The van der Waals surface area contributed by atoms with E-state index in [2.05, 4.69) is 15.1 Å². The minimum absolute atomic E-state index is 0.190. The lowest BCUT2D eigenvalue weighted by Crippen LogP contribution is -2.49. The quantitative estimate of drug-likeness (QED) is 0.840. The van der Waals surface area contributed by atoms with Gasteiger partial charge in [0, 0.05) is 52.4 Å². The molecule has 0 atom stereocenters. The van der Waals surface area contributed by atoms with Crippen molar-refractivity contribution in [2.45, 2.75) is 13.0 Å². The summed E-state index contributed by atoms with van der Waals surface area (Å²) in [4.78, 5) is 19.0. The molecule has 1 aromatic carbocycles. The van der Waals surface area contributed by atoms with Crippen LogP contribution in [-0.4, -0.2) is 86.2 Å². The highest BCUT2D eigenvalue weighted by molar-refractivity contribution is 5.67. The lowest BCUT2D eigenvalue weighted by Gasteiger charge is -2.34. The zero-order valence-corrected chi connectivity index (χ0v) is 15.0. The van der Waals surface area contributed by atoms with E-state index >= 15 is 0 Å². The van der Waals surface area contributed by atoms with Crippen LogP contribution in [0.25, 0.3) is 0 Å². The van der Waals surface area contributed by atoms with Crippen molar-refractivity contribution in [3.8, 4) is 0 Å². The summed E-state index contributed by atoms with van der Waals surface area (Å²) >= 11 is 0. The average molecular weight is 346 g/mol. The van der Waals surface area contributed by atoms with Gasteiger partial charge in [0.05, 0.1) is 0 Å². The molecule has 1 N–H and O–H groups in total. The van der Waals surface area contributed by atoms with Gasteiger partial charge < -0.3 is 19.9 Å². The normalized spacial score (nSPS) is 19.8. The maximum atomic E-state index is 12.2. The van der Waals surface area contributed by atoms with Crippen LogP contribution in [0.5, 0.6) is 0 Å². The van der Waals surface area contributed by atoms with Gasteiger partial charge in [-0.15, -0.1) is 0 Å². The van der Waals surface area contributed by atoms with Crippen molar-refractivity contribution < 1.29 is 9.53 Å². The second-order valence-corrected chi connectivity index (χ2v) is 6.81. The van der Waals surface area contributed by atoms with Crippen LogP contribution >= 0.6 is 0 Å². The highest BCUT2D eigenvalue weighted by atomic mass is 16.6. The summed E-state index contributed by atoms with van der Waals surface area (Å²) in [5.74, 6) is 0. The van der Waals surface area contributed by atoms with Gasteiger partial charge in [0.1, 0.15) is 6.61 Å². The molecule has 0 spiro atoms. The smallest absolute Gasteiger partial charge is 0.410 e. The van der Waals surface area contributed by atoms with Crippen molar-refractivity contribution >= 4 is 6.09 Å². The van der Waals surface area contributed by atoms with Crippen LogP contribution < -0.4 is 5.32 Å². The second-order valence-electron chi connectivity index (χ2n) is 6.81. The summed E-state index contributed by atoms with van der Waals surface area (Å²) in [5, 5.41) is 3.39. The number of piperazine rings is 2. The Hall–Kier alpha value is -1.63. The highest BCUT2D eigenvalue weighted by Crippen LogP contribution is 2.07. The summed E-state index contributed by atoms with van der Waals surface area (Å²) in [6.07, 6.45) is 1.02. The summed E-state index contributed by atoms with van der Waals surface area (Å²) < 4.78 is 5.42. The van der Waals surface area contributed by atoms with Crippen molar-refractivity contribution in [3.05, 3.63) is 35.9 Å². The Labute approximate surface area is 150 Å². The molecular formula is C19H30N4O2. The third-order valence-corrected chi connectivity index (χ3v) is 4.99. The van der Waals surface area contributed by atoms with Crippen LogP contribution in [0.1, 0.15) is 12.0 Å². The Kier molecular flexibility index (Phi) is 7.09. The number of ether oxygens (including phenoxy) is 1. The summed E-state index contributed by atoms with van der Waals surface area (Å²) in [6, 6.07) is 9.84. The van der Waals surface area contributed by atoms with E-state index in [9.17, 15) is 4.79 Å².